The number of aromatic nitrogens is 2. The molecule has 0 spiro atoms. The molecule has 1 N–H and O–H groups in total. The second-order valence-corrected chi connectivity index (χ2v) is 10.2. The van der Waals surface area contributed by atoms with Gasteiger partial charge in [-0.05, 0) is 49.6 Å². The van der Waals surface area contributed by atoms with E-state index in [1.54, 1.807) is 32.9 Å². The van der Waals surface area contributed by atoms with Crippen molar-refractivity contribution in [1.29, 1.82) is 0 Å². The lowest BCUT2D eigenvalue weighted by molar-refractivity contribution is 0.102. The maximum absolute atomic E-state index is 13.0. The predicted molar refractivity (Wildman–Crippen MR) is 130 cm³/mol. The fourth-order valence-electron chi connectivity index (χ4n) is 4.20. The molecule has 0 aliphatic carbocycles. The van der Waals surface area contributed by atoms with Crippen LogP contribution in [0.4, 0.5) is 5.69 Å². The largest absolute Gasteiger partial charge is 0.334 e. The van der Waals surface area contributed by atoms with Crippen LogP contribution in [0.25, 0.3) is 11.3 Å². The van der Waals surface area contributed by atoms with Gasteiger partial charge in [-0.3, -0.25) is 4.79 Å². The number of hydrogen-bond acceptors (Lipinski definition) is 4. The first-order valence-corrected chi connectivity index (χ1v) is 12.9. The molecule has 8 heteroatoms. The van der Waals surface area contributed by atoms with Crippen molar-refractivity contribution in [2.75, 3.05) is 18.4 Å². The number of imidazole rings is 1. The van der Waals surface area contributed by atoms with Crippen molar-refractivity contribution in [1.82, 2.24) is 13.9 Å². The SMILES string of the molecule is CCN(CC)S(=O)(=O)c1cc(C(=O)Nc2ccc(-c3cn4c(n3)CCCC4)cc2)ccc1C. The summed E-state index contributed by atoms with van der Waals surface area (Å²) in [5, 5.41) is 2.87. The van der Waals surface area contributed by atoms with Crippen LogP contribution in [0.15, 0.2) is 53.6 Å². The van der Waals surface area contributed by atoms with Crippen molar-refractivity contribution in [2.45, 2.75) is 51.5 Å². The lowest BCUT2D eigenvalue weighted by Gasteiger charge is -2.20. The molecule has 4 rings (SSSR count). The second-order valence-electron chi connectivity index (χ2n) is 8.29. The number of anilines is 1. The van der Waals surface area contributed by atoms with Crippen LogP contribution in [-0.2, 0) is 23.0 Å². The normalized spacial score (nSPS) is 13.7. The third-order valence-electron chi connectivity index (χ3n) is 6.12. The Morgan fingerprint density at radius 2 is 1.82 bits per heavy atom. The van der Waals surface area contributed by atoms with E-state index in [0.717, 1.165) is 30.0 Å². The van der Waals surface area contributed by atoms with Gasteiger partial charge in [0.15, 0.2) is 0 Å². The number of nitrogens with one attached hydrogen (secondary N) is 1. The Balaban J connectivity index is 1.52. The number of carbonyl (C=O) groups excluding carboxylic acids is 1. The minimum absolute atomic E-state index is 0.165. The lowest BCUT2D eigenvalue weighted by Crippen LogP contribution is -2.31. The van der Waals surface area contributed by atoms with Crippen LogP contribution in [0.1, 0.15) is 48.4 Å². The van der Waals surface area contributed by atoms with Crippen LogP contribution >= 0.6 is 0 Å². The summed E-state index contributed by atoms with van der Waals surface area (Å²) in [7, 11) is -3.65. The van der Waals surface area contributed by atoms with Gasteiger partial charge in [0, 0.05) is 49.1 Å². The Morgan fingerprint density at radius 1 is 1.09 bits per heavy atom. The zero-order valence-corrected chi connectivity index (χ0v) is 20.2. The highest BCUT2D eigenvalue weighted by Crippen LogP contribution is 2.25. The van der Waals surface area contributed by atoms with Gasteiger partial charge in [-0.15, -0.1) is 0 Å². The van der Waals surface area contributed by atoms with E-state index in [4.69, 9.17) is 4.98 Å². The minimum Gasteiger partial charge on any atom is -0.334 e. The molecule has 1 aliphatic rings. The fraction of sp³-hybridized carbons (Fsp3) is 0.360. The molecule has 1 aromatic heterocycles. The van der Waals surface area contributed by atoms with E-state index in [-0.39, 0.29) is 10.8 Å². The van der Waals surface area contributed by atoms with E-state index in [1.165, 1.54) is 23.2 Å². The zero-order chi connectivity index (χ0) is 23.6. The van der Waals surface area contributed by atoms with Crippen molar-refractivity contribution >= 4 is 21.6 Å². The third-order valence-corrected chi connectivity index (χ3v) is 8.31. The van der Waals surface area contributed by atoms with Gasteiger partial charge in [-0.25, -0.2) is 13.4 Å². The number of fused-ring (bicyclic) bond motifs is 1. The topological polar surface area (TPSA) is 84.3 Å². The minimum atomic E-state index is -3.65. The van der Waals surface area contributed by atoms with E-state index in [1.807, 2.05) is 24.3 Å². The molecule has 0 fully saturated rings. The van der Waals surface area contributed by atoms with Crippen molar-refractivity contribution < 1.29 is 13.2 Å². The summed E-state index contributed by atoms with van der Waals surface area (Å²) in [6.07, 6.45) is 5.46. The van der Waals surface area contributed by atoms with Crippen LogP contribution in [0.2, 0.25) is 0 Å². The maximum atomic E-state index is 13.0. The average Bonchev–Trinajstić information content (AvgIpc) is 3.24. The summed E-state index contributed by atoms with van der Waals surface area (Å²) >= 11 is 0. The highest BCUT2D eigenvalue weighted by molar-refractivity contribution is 7.89. The maximum Gasteiger partial charge on any atom is 0.255 e. The number of hydrogen-bond donors (Lipinski definition) is 1. The fourth-order valence-corrected chi connectivity index (χ4v) is 5.91. The van der Waals surface area contributed by atoms with Gasteiger partial charge in [0.25, 0.3) is 5.91 Å². The van der Waals surface area contributed by atoms with E-state index < -0.39 is 10.0 Å². The molecule has 0 unspecified atom stereocenters. The number of benzene rings is 2. The van der Waals surface area contributed by atoms with E-state index in [9.17, 15) is 13.2 Å². The Morgan fingerprint density at radius 3 is 2.48 bits per heavy atom. The first-order chi connectivity index (χ1) is 15.8. The molecule has 3 aromatic rings. The Hall–Kier alpha value is -2.97. The Kier molecular flexibility index (Phi) is 6.67. The number of nitrogens with zero attached hydrogens (tertiary/aromatic N) is 3. The molecule has 0 atom stereocenters. The Bertz CT molecular complexity index is 1240. The van der Waals surface area contributed by atoms with Crippen molar-refractivity contribution in [3.8, 4) is 11.3 Å². The standard InChI is InChI=1S/C25H30N4O3S/c1-4-29(5-2)33(31,32)23-16-20(10-9-18(23)3)25(30)26-21-13-11-19(12-14-21)22-17-28-15-7-6-8-24(28)27-22/h9-14,16-17H,4-8,15H2,1-3H3,(H,26,30). The number of carbonyl (C=O) groups is 1. The zero-order valence-electron chi connectivity index (χ0n) is 19.3. The van der Waals surface area contributed by atoms with E-state index in [0.29, 0.717) is 29.9 Å². The smallest absolute Gasteiger partial charge is 0.255 e. The van der Waals surface area contributed by atoms with E-state index in [2.05, 4.69) is 16.1 Å². The van der Waals surface area contributed by atoms with Crippen molar-refractivity contribution in [3.05, 3.63) is 65.6 Å². The summed E-state index contributed by atoms with van der Waals surface area (Å²) in [4.78, 5) is 17.8. The molecule has 1 amide bonds. The highest BCUT2D eigenvalue weighted by atomic mass is 32.2. The van der Waals surface area contributed by atoms with Crippen LogP contribution in [0, 0.1) is 6.92 Å². The van der Waals surface area contributed by atoms with Crippen LogP contribution < -0.4 is 5.32 Å². The average molecular weight is 467 g/mol. The molecule has 0 saturated heterocycles. The number of amides is 1. The third kappa shape index (κ3) is 4.72. The van der Waals surface area contributed by atoms with Crippen LogP contribution in [0.5, 0.6) is 0 Å². The monoisotopic (exact) mass is 466 g/mol. The predicted octanol–water partition coefficient (Wildman–Crippen LogP) is 4.48. The van der Waals surface area contributed by atoms with Crippen LogP contribution in [-0.4, -0.2) is 41.3 Å². The van der Waals surface area contributed by atoms with Gasteiger partial charge >= 0.3 is 0 Å². The van der Waals surface area contributed by atoms with Gasteiger partial charge < -0.3 is 9.88 Å². The van der Waals surface area contributed by atoms with Crippen LogP contribution in [0.3, 0.4) is 0 Å². The first-order valence-electron chi connectivity index (χ1n) is 11.4. The second kappa shape index (κ2) is 9.49. The number of rotatable bonds is 7. The van der Waals surface area contributed by atoms with Gasteiger partial charge in [-0.1, -0.05) is 32.0 Å². The first kappa shape index (κ1) is 23.2. The molecule has 0 saturated carbocycles. The van der Waals surface area contributed by atoms with Gasteiger partial charge in [0.2, 0.25) is 10.0 Å². The summed E-state index contributed by atoms with van der Waals surface area (Å²) in [5.41, 5.74) is 3.50. The summed E-state index contributed by atoms with van der Waals surface area (Å²) in [5.74, 6) is 0.777. The molecule has 33 heavy (non-hydrogen) atoms. The molecule has 1 aliphatic heterocycles. The molecule has 0 radical (unpaired) electrons. The Labute approximate surface area is 195 Å². The molecule has 2 aromatic carbocycles. The lowest BCUT2D eigenvalue weighted by atomic mass is 10.1. The number of sulfonamides is 1. The summed E-state index contributed by atoms with van der Waals surface area (Å²) in [6.45, 7) is 7.11. The van der Waals surface area contributed by atoms with Crippen molar-refractivity contribution in [3.63, 3.8) is 0 Å². The van der Waals surface area contributed by atoms with Crippen molar-refractivity contribution in [2.24, 2.45) is 0 Å². The molecule has 0 bridgehead atoms. The molecule has 174 valence electrons. The van der Waals surface area contributed by atoms with E-state index >= 15 is 0 Å². The van der Waals surface area contributed by atoms with Gasteiger partial charge in [0.1, 0.15) is 5.82 Å². The quantitative estimate of drug-likeness (QED) is 0.557. The molecular formula is C25H30N4O3S. The summed E-state index contributed by atoms with van der Waals surface area (Å²) < 4.78 is 29.6. The molecule has 7 nitrogen and oxygen atoms in total. The van der Waals surface area contributed by atoms with Gasteiger partial charge in [0.05, 0.1) is 10.6 Å². The number of aryl methyl sites for hydroxylation is 3. The highest BCUT2D eigenvalue weighted by Gasteiger charge is 2.24. The summed E-state index contributed by atoms with van der Waals surface area (Å²) in [6, 6.07) is 12.3. The van der Waals surface area contributed by atoms with Gasteiger partial charge in [-0.2, -0.15) is 4.31 Å². The molecule has 2 heterocycles. The molecular weight excluding hydrogens is 436 g/mol.